The van der Waals surface area contributed by atoms with Gasteiger partial charge >= 0.3 is 0 Å². The lowest BCUT2D eigenvalue weighted by Crippen LogP contribution is -2.48. The molecule has 2 aromatic carbocycles. The van der Waals surface area contributed by atoms with E-state index >= 15 is 0 Å². The van der Waals surface area contributed by atoms with Crippen LogP contribution in [0.15, 0.2) is 42.5 Å². The lowest BCUT2D eigenvalue weighted by molar-refractivity contribution is -0.140. The highest BCUT2D eigenvalue weighted by atomic mass is 35.5. The second kappa shape index (κ2) is 10.6. The summed E-state index contributed by atoms with van der Waals surface area (Å²) in [5.41, 5.74) is 0.809. The predicted molar refractivity (Wildman–Crippen MR) is 114 cm³/mol. The summed E-state index contributed by atoms with van der Waals surface area (Å²) in [6, 6.07) is 10.4. The van der Waals surface area contributed by atoms with E-state index in [0.29, 0.717) is 22.2 Å². The van der Waals surface area contributed by atoms with Gasteiger partial charge in [0.25, 0.3) is 0 Å². The van der Waals surface area contributed by atoms with Crippen LogP contribution in [-0.4, -0.2) is 29.3 Å². The number of carbonyl (C=O) groups excluding carboxylic acids is 2. The fourth-order valence-corrected chi connectivity index (χ4v) is 3.31. The first-order valence-corrected chi connectivity index (χ1v) is 10.2. The van der Waals surface area contributed by atoms with Crippen molar-refractivity contribution in [3.63, 3.8) is 0 Å². The fourth-order valence-electron chi connectivity index (χ4n) is 2.80. The van der Waals surface area contributed by atoms with Gasteiger partial charge in [-0.3, -0.25) is 9.59 Å². The summed E-state index contributed by atoms with van der Waals surface area (Å²) in [7, 11) is 0. The largest absolute Gasteiger partial charge is 0.354 e. The van der Waals surface area contributed by atoms with Gasteiger partial charge in [-0.05, 0) is 36.6 Å². The quantitative estimate of drug-likeness (QED) is 0.639. The van der Waals surface area contributed by atoms with E-state index in [2.05, 4.69) is 5.32 Å². The van der Waals surface area contributed by atoms with Gasteiger partial charge in [0.1, 0.15) is 11.9 Å². The van der Waals surface area contributed by atoms with Crippen molar-refractivity contribution < 1.29 is 14.0 Å². The summed E-state index contributed by atoms with van der Waals surface area (Å²) in [4.78, 5) is 27.1. The topological polar surface area (TPSA) is 49.4 Å². The number of halogens is 3. The van der Waals surface area contributed by atoms with E-state index in [0.717, 1.165) is 0 Å². The molecule has 0 heterocycles. The van der Waals surface area contributed by atoms with Crippen molar-refractivity contribution in [2.75, 3.05) is 6.54 Å². The van der Waals surface area contributed by atoms with Gasteiger partial charge in [-0.25, -0.2) is 4.39 Å². The zero-order valence-corrected chi connectivity index (χ0v) is 18.2. The number of amides is 2. The van der Waals surface area contributed by atoms with Crippen molar-refractivity contribution in [3.05, 3.63) is 69.5 Å². The first kappa shape index (κ1) is 23.2. The highest BCUT2D eigenvalue weighted by Crippen LogP contribution is 2.27. The second-order valence-electron chi connectivity index (χ2n) is 7.31. The van der Waals surface area contributed by atoms with Gasteiger partial charge in [0.2, 0.25) is 11.8 Å². The molecular formula is C22H25Cl2FN2O2. The SMILES string of the molecule is CC(C)CNC(=O)[C@H](C)N(Cc1c(Cl)cccc1Cl)C(=O)Cc1ccccc1F. The Balaban J connectivity index is 2.30. The average Bonchev–Trinajstić information content (AvgIpc) is 2.67. The first-order chi connectivity index (χ1) is 13.7. The van der Waals surface area contributed by atoms with Crippen LogP contribution < -0.4 is 5.32 Å². The van der Waals surface area contributed by atoms with Crippen LogP contribution in [0, 0.1) is 11.7 Å². The van der Waals surface area contributed by atoms with Crippen molar-refractivity contribution in [2.24, 2.45) is 5.92 Å². The fraction of sp³-hybridized carbons (Fsp3) is 0.364. The molecule has 156 valence electrons. The van der Waals surface area contributed by atoms with E-state index in [-0.39, 0.29) is 30.4 Å². The zero-order valence-electron chi connectivity index (χ0n) is 16.7. The van der Waals surface area contributed by atoms with Crippen LogP contribution in [0.3, 0.4) is 0 Å². The minimum atomic E-state index is -0.777. The van der Waals surface area contributed by atoms with Crippen molar-refractivity contribution in [1.29, 1.82) is 0 Å². The summed E-state index contributed by atoms with van der Waals surface area (Å²) < 4.78 is 14.0. The van der Waals surface area contributed by atoms with Crippen molar-refractivity contribution in [3.8, 4) is 0 Å². The molecule has 0 aliphatic heterocycles. The smallest absolute Gasteiger partial charge is 0.242 e. The molecule has 0 unspecified atom stereocenters. The molecule has 7 heteroatoms. The molecule has 4 nitrogen and oxygen atoms in total. The third kappa shape index (κ3) is 6.44. The second-order valence-corrected chi connectivity index (χ2v) is 8.12. The van der Waals surface area contributed by atoms with Gasteiger partial charge in [0.15, 0.2) is 0 Å². The van der Waals surface area contributed by atoms with Crippen LogP contribution in [0.4, 0.5) is 4.39 Å². The van der Waals surface area contributed by atoms with Gasteiger partial charge in [-0.1, -0.05) is 61.3 Å². The Morgan fingerprint density at radius 1 is 1.03 bits per heavy atom. The molecule has 0 saturated carbocycles. The molecule has 0 bridgehead atoms. The van der Waals surface area contributed by atoms with E-state index in [1.807, 2.05) is 13.8 Å². The molecule has 1 N–H and O–H groups in total. The van der Waals surface area contributed by atoms with Crippen molar-refractivity contribution >= 4 is 35.0 Å². The lowest BCUT2D eigenvalue weighted by atomic mass is 10.1. The van der Waals surface area contributed by atoms with Crippen LogP contribution in [0.1, 0.15) is 31.9 Å². The van der Waals surface area contributed by atoms with Crippen LogP contribution in [-0.2, 0) is 22.6 Å². The Bertz CT molecular complexity index is 853. The molecule has 0 saturated heterocycles. The number of nitrogens with zero attached hydrogens (tertiary/aromatic N) is 1. The third-order valence-corrected chi connectivity index (χ3v) is 5.25. The number of carbonyl (C=O) groups is 2. The summed E-state index contributed by atoms with van der Waals surface area (Å²) in [5, 5.41) is 3.63. The first-order valence-electron chi connectivity index (χ1n) is 9.44. The lowest BCUT2D eigenvalue weighted by Gasteiger charge is -2.29. The van der Waals surface area contributed by atoms with E-state index in [4.69, 9.17) is 23.2 Å². The normalized spacial score (nSPS) is 12.0. The minimum absolute atomic E-state index is 0.0437. The maximum absolute atomic E-state index is 14.0. The summed E-state index contributed by atoms with van der Waals surface area (Å²) >= 11 is 12.5. The van der Waals surface area contributed by atoms with Gasteiger partial charge in [-0.2, -0.15) is 0 Å². The summed E-state index contributed by atoms with van der Waals surface area (Å²) in [5.74, 6) is -0.873. The maximum Gasteiger partial charge on any atom is 0.242 e. The highest BCUT2D eigenvalue weighted by molar-refractivity contribution is 6.36. The number of hydrogen-bond donors (Lipinski definition) is 1. The molecule has 2 aromatic rings. The molecule has 0 radical (unpaired) electrons. The maximum atomic E-state index is 14.0. The van der Waals surface area contributed by atoms with E-state index in [1.54, 1.807) is 43.3 Å². The molecule has 2 rings (SSSR count). The molecule has 0 aliphatic carbocycles. The van der Waals surface area contributed by atoms with Crippen LogP contribution >= 0.6 is 23.2 Å². The van der Waals surface area contributed by atoms with Gasteiger partial charge in [-0.15, -0.1) is 0 Å². The van der Waals surface area contributed by atoms with Crippen LogP contribution in [0.5, 0.6) is 0 Å². The Labute approximate surface area is 181 Å². The molecule has 0 aliphatic rings. The number of rotatable bonds is 8. The number of benzene rings is 2. The molecular weight excluding hydrogens is 414 g/mol. The molecule has 1 atom stereocenters. The van der Waals surface area contributed by atoms with Crippen molar-refractivity contribution in [1.82, 2.24) is 10.2 Å². The zero-order chi connectivity index (χ0) is 21.6. The van der Waals surface area contributed by atoms with Crippen LogP contribution in [0.25, 0.3) is 0 Å². The Morgan fingerprint density at radius 3 is 2.24 bits per heavy atom. The average molecular weight is 439 g/mol. The van der Waals surface area contributed by atoms with Crippen LogP contribution in [0.2, 0.25) is 10.0 Å². The molecule has 0 aromatic heterocycles. The summed E-state index contributed by atoms with van der Waals surface area (Å²) in [6.07, 6.45) is -0.170. The van der Waals surface area contributed by atoms with Gasteiger partial charge in [0, 0.05) is 28.7 Å². The van der Waals surface area contributed by atoms with E-state index in [9.17, 15) is 14.0 Å². The van der Waals surface area contributed by atoms with Gasteiger partial charge < -0.3 is 10.2 Å². The highest BCUT2D eigenvalue weighted by Gasteiger charge is 2.28. The standard InChI is InChI=1S/C22H25Cl2FN2O2/c1-14(2)12-26-22(29)15(3)27(13-17-18(23)8-6-9-19(17)24)21(28)11-16-7-4-5-10-20(16)25/h4-10,14-15H,11-13H2,1-3H3,(H,26,29)/t15-/m0/s1. The number of hydrogen-bond acceptors (Lipinski definition) is 2. The Morgan fingerprint density at radius 2 is 1.66 bits per heavy atom. The van der Waals surface area contributed by atoms with Gasteiger partial charge in [0.05, 0.1) is 6.42 Å². The van der Waals surface area contributed by atoms with Crippen molar-refractivity contribution in [2.45, 2.75) is 39.8 Å². The molecule has 29 heavy (non-hydrogen) atoms. The minimum Gasteiger partial charge on any atom is -0.354 e. The Kier molecular flexibility index (Phi) is 8.47. The third-order valence-electron chi connectivity index (χ3n) is 4.54. The summed E-state index contributed by atoms with van der Waals surface area (Å²) in [6.45, 7) is 6.14. The van der Waals surface area contributed by atoms with E-state index in [1.165, 1.54) is 11.0 Å². The molecule has 0 fully saturated rings. The molecule has 2 amide bonds. The monoisotopic (exact) mass is 438 g/mol. The van der Waals surface area contributed by atoms with E-state index < -0.39 is 17.8 Å². The Hall–Kier alpha value is -2.11. The molecule has 0 spiro atoms. The predicted octanol–water partition coefficient (Wildman–Crippen LogP) is 4.86. The number of nitrogens with one attached hydrogen (secondary N) is 1.